The molecular weight excluding hydrogens is 410 g/mol. The summed E-state index contributed by atoms with van der Waals surface area (Å²) in [7, 11) is 0. The van der Waals surface area contributed by atoms with Crippen LogP contribution in [0.25, 0.3) is 0 Å². The topological polar surface area (TPSA) is 90.9 Å². The van der Waals surface area contributed by atoms with Crippen molar-refractivity contribution in [3.05, 3.63) is 53.6 Å². The molecule has 7 nitrogen and oxygen atoms in total. The highest BCUT2D eigenvalue weighted by atomic mass is 16.5. The Morgan fingerprint density at radius 1 is 0.844 bits per heavy atom. The number of Topliss-reactive ketones (excluding diaryl/α,β-unsaturated/α-hetero) is 1. The average molecular weight is 442 g/mol. The smallest absolute Gasteiger partial charge is 0.338 e. The molecule has 0 aliphatic heterocycles. The number of nitrogens with one attached hydrogen (secondary N) is 1. The number of ether oxygens (including phenoxy) is 3. The van der Waals surface area contributed by atoms with Crippen LogP contribution in [0.5, 0.6) is 11.5 Å². The van der Waals surface area contributed by atoms with Crippen LogP contribution in [-0.4, -0.2) is 37.5 Å². The van der Waals surface area contributed by atoms with Crippen LogP contribution < -0.4 is 14.8 Å². The van der Waals surface area contributed by atoms with Gasteiger partial charge in [-0.1, -0.05) is 20.3 Å². The standard InChI is InChI=1S/C25H31NO6/c1-4-7-15-31-22-14-11-19(16-23(22)30-6-3)25(29)32-17-21(27)18-9-12-20(13-10-18)26-24(28)8-5-2/h9-14,16H,4-8,15,17H2,1-3H3,(H,26,28). The van der Waals surface area contributed by atoms with Gasteiger partial charge in [-0.25, -0.2) is 4.79 Å². The van der Waals surface area contributed by atoms with E-state index >= 15 is 0 Å². The lowest BCUT2D eigenvalue weighted by Crippen LogP contribution is -2.15. The van der Waals surface area contributed by atoms with Crippen LogP contribution in [0.3, 0.4) is 0 Å². The Kier molecular flexibility index (Phi) is 10.2. The molecule has 2 rings (SSSR count). The van der Waals surface area contributed by atoms with Gasteiger partial charge in [0, 0.05) is 17.7 Å². The third-order valence-corrected chi connectivity index (χ3v) is 4.54. The Bertz CT molecular complexity index is 907. The van der Waals surface area contributed by atoms with E-state index in [1.165, 1.54) is 0 Å². The fourth-order valence-electron chi connectivity index (χ4n) is 2.84. The Morgan fingerprint density at radius 3 is 2.22 bits per heavy atom. The number of carbonyl (C=O) groups is 3. The molecule has 0 bridgehead atoms. The SMILES string of the molecule is CCCCOc1ccc(C(=O)OCC(=O)c2ccc(NC(=O)CCC)cc2)cc1OCC. The molecule has 0 heterocycles. The first-order valence-electron chi connectivity index (χ1n) is 11.0. The first kappa shape index (κ1) is 24.9. The number of ketones is 1. The lowest BCUT2D eigenvalue weighted by atomic mass is 10.1. The summed E-state index contributed by atoms with van der Waals surface area (Å²) in [5.74, 6) is -0.00459. The van der Waals surface area contributed by atoms with Gasteiger partial charge < -0.3 is 19.5 Å². The van der Waals surface area contributed by atoms with Crippen molar-refractivity contribution in [1.82, 2.24) is 0 Å². The molecule has 0 saturated carbocycles. The number of amides is 1. The summed E-state index contributed by atoms with van der Waals surface area (Å²) < 4.78 is 16.5. The highest BCUT2D eigenvalue weighted by molar-refractivity contribution is 6.00. The molecule has 172 valence electrons. The zero-order valence-corrected chi connectivity index (χ0v) is 18.9. The van der Waals surface area contributed by atoms with E-state index in [0.29, 0.717) is 42.4 Å². The van der Waals surface area contributed by atoms with E-state index in [9.17, 15) is 14.4 Å². The monoisotopic (exact) mass is 441 g/mol. The highest BCUT2D eigenvalue weighted by Gasteiger charge is 2.15. The first-order chi connectivity index (χ1) is 15.5. The summed E-state index contributed by atoms with van der Waals surface area (Å²) in [4.78, 5) is 36.4. The number of hydrogen-bond donors (Lipinski definition) is 1. The van der Waals surface area contributed by atoms with Crippen LogP contribution in [-0.2, 0) is 9.53 Å². The van der Waals surface area contributed by atoms with Crippen molar-refractivity contribution in [3.63, 3.8) is 0 Å². The Labute approximate surface area is 189 Å². The van der Waals surface area contributed by atoms with Crippen LogP contribution in [0.1, 0.15) is 67.2 Å². The molecule has 32 heavy (non-hydrogen) atoms. The van der Waals surface area contributed by atoms with Gasteiger partial charge in [0.05, 0.1) is 18.8 Å². The molecule has 0 aliphatic carbocycles. The number of esters is 1. The molecule has 0 fully saturated rings. The van der Waals surface area contributed by atoms with Gasteiger partial charge >= 0.3 is 5.97 Å². The molecule has 0 radical (unpaired) electrons. The van der Waals surface area contributed by atoms with E-state index in [1.54, 1.807) is 42.5 Å². The van der Waals surface area contributed by atoms with Gasteiger partial charge in [-0.2, -0.15) is 0 Å². The van der Waals surface area contributed by atoms with Gasteiger partial charge in [0.15, 0.2) is 23.9 Å². The first-order valence-corrected chi connectivity index (χ1v) is 11.0. The van der Waals surface area contributed by atoms with E-state index in [1.807, 2.05) is 13.8 Å². The molecule has 2 aromatic rings. The lowest BCUT2D eigenvalue weighted by molar-refractivity contribution is -0.116. The van der Waals surface area contributed by atoms with E-state index in [2.05, 4.69) is 12.2 Å². The summed E-state index contributed by atoms with van der Waals surface area (Å²) in [6, 6.07) is 11.3. The van der Waals surface area contributed by atoms with Crippen molar-refractivity contribution >= 4 is 23.3 Å². The van der Waals surface area contributed by atoms with Crippen LogP contribution in [0.15, 0.2) is 42.5 Å². The van der Waals surface area contributed by atoms with Crippen molar-refractivity contribution in [1.29, 1.82) is 0 Å². The van der Waals surface area contributed by atoms with Crippen molar-refractivity contribution in [3.8, 4) is 11.5 Å². The summed E-state index contributed by atoms with van der Waals surface area (Å²) in [5, 5.41) is 2.76. The molecule has 0 unspecified atom stereocenters. The second-order valence-corrected chi connectivity index (χ2v) is 7.17. The summed E-state index contributed by atoms with van der Waals surface area (Å²) >= 11 is 0. The molecule has 0 aromatic heterocycles. The van der Waals surface area contributed by atoms with Crippen LogP contribution in [0.2, 0.25) is 0 Å². The predicted octanol–water partition coefficient (Wildman–Crippen LogP) is 5.04. The number of hydrogen-bond acceptors (Lipinski definition) is 6. The molecule has 1 amide bonds. The van der Waals surface area contributed by atoms with Gasteiger partial charge in [0.1, 0.15) is 0 Å². The van der Waals surface area contributed by atoms with Crippen LogP contribution in [0.4, 0.5) is 5.69 Å². The normalized spacial score (nSPS) is 10.3. The maximum atomic E-state index is 12.4. The van der Waals surface area contributed by atoms with Gasteiger partial charge in [0.2, 0.25) is 5.91 Å². The van der Waals surface area contributed by atoms with Gasteiger partial charge in [0.25, 0.3) is 0 Å². The maximum absolute atomic E-state index is 12.4. The van der Waals surface area contributed by atoms with Crippen molar-refractivity contribution in [2.24, 2.45) is 0 Å². The molecule has 0 saturated heterocycles. The number of unbranched alkanes of at least 4 members (excludes halogenated alkanes) is 1. The summed E-state index contributed by atoms with van der Waals surface area (Å²) in [6.45, 7) is 6.45. The van der Waals surface area contributed by atoms with Crippen LogP contribution >= 0.6 is 0 Å². The lowest BCUT2D eigenvalue weighted by Gasteiger charge is -2.13. The minimum Gasteiger partial charge on any atom is -0.490 e. The molecule has 0 spiro atoms. The van der Waals surface area contributed by atoms with Gasteiger partial charge in [-0.15, -0.1) is 0 Å². The average Bonchev–Trinajstić information content (AvgIpc) is 2.79. The number of anilines is 1. The predicted molar refractivity (Wildman–Crippen MR) is 123 cm³/mol. The second-order valence-electron chi connectivity index (χ2n) is 7.17. The van der Waals surface area contributed by atoms with Crippen molar-refractivity contribution < 1.29 is 28.6 Å². The quantitative estimate of drug-likeness (QED) is 0.266. The second kappa shape index (κ2) is 13.1. The Morgan fingerprint density at radius 2 is 1.56 bits per heavy atom. The van der Waals surface area contributed by atoms with Gasteiger partial charge in [-0.3, -0.25) is 9.59 Å². The molecule has 2 aromatic carbocycles. The molecule has 0 atom stereocenters. The van der Waals surface area contributed by atoms with Gasteiger partial charge in [-0.05, 0) is 62.2 Å². The Balaban J connectivity index is 1.95. The van der Waals surface area contributed by atoms with E-state index in [4.69, 9.17) is 14.2 Å². The highest BCUT2D eigenvalue weighted by Crippen LogP contribution is 2.29. The number of benzene rings is 2. The maximum Gasteiger partial charge on any atom is 0.338 e. The van der Waals surface area contributed by atoms with Crippen LogP contribution in [0, 0.1) is 0 Å². The van der Waals surface area contributed by atoms with Crippen molar-refractivity contribution in [2.45, 2.75) is 46.5 Å². The molecule has 1 N–H and O–H groups in total. The largest absolute Gasteiger partial charge is 0.490 e. The third kappa shape index (κ3) is 7.72. The van der Waals surface area contributed by atoms with Crippen molar-refractivity contribution in [2.75, 3.05) is 25.1 Å². The van der Waals surface area contributed by atoms with E-state index in [0.717, 1.165) is 19.3 Å². The third-order valence-electron chi connectivity index (χ3n) is 4.54. The zero-order valence-electron chi connectivity index (χ0n) is 18.9. The fraction of sp³-hybridized carbons (Fsp3) is 0.400. The zero-order chi connectivity index (χ0) is 23.3. The molecule has 7 heteroatoms. The Hall–Kier alpha value is -3.35. The summed E-state index contributed by atoms with van der Waals surface area (Å²) in [6.07, 6.45) is 3.13. The summed E-state index contributed by atoms with van der Waals surface area (Å²) in [5.41, 5.74) is 1.28. The molecular formula is C25H31NO6. The minimum atomic E-state index is -0.622. The number of rotatable bonds is 13. The van der Waals surface area contributed by atoms with E-state index in [-0.39, 0.29) is 23.9 Å². The van der Waals surface area contributed by atoms with E-state index < -0.39 is 5.97 Å². The fourth-order valence-corrected chi connectivity index (χ4v) is 2.84. The number of carbonyl (C=O) groups excluding carboxylic acids is 3. The minimum absolute atomic E-state index is 0.0753. The molecule has 0 aliphatic rings.